The monoisotopic (exact) mass is 278 g/mol. The molecule has 2 N–H and O–H groups in total. The fourth-order valence-corrected chi connectivity index (χ4v) is 2.71. The molecule has 1 heterocycles. The van der Waals surface area contributed by atoms with Crippen molar-refractivity contribution < 1.29 is 9.84 Å². The topological polar surface area (TPSA) is 44.7 Å². The minimum Gasteiger partial charge on any atom is -0.504 e. The van der Waals surface area contributed by atoms with Crippen molar-refractivity contribution in [2.45, 2.75) is 45.3 Å². The number of methoxy groups -OCH3 is 1. The number of ether oxygens (including phenoxy) is 1. The maximum Gasteiger partial charge on any atom is 0.160 e. The predicted molar refractivity (Wildman–Crippen MR) is 81.2 cm³/mol. The standard InChI is InChI=1S/C16H26N2O2/c1-12(2)18(11-14-5-4-8-17-14)10-13-6-7-15(19)16(9-13)20-3/h6-7,9,12,14,17,19H,4-5,8,10-11H2,1-3H3. The zero-order valence-corrected chi connectivity index (χ0v) is 12.7. The van der Waals surface area contributed by atoms with Gasteiger partial charge in [0.15, 0.2) is 11.5 Å². The lowest BCUT2D eigenvalue weighted by Gasteiger charge is -2.29. The summed E-state index contributed by atoms with van der Waals surface area (Å²) in [4.78, 5) is 2.47. The molecular weight excluding hydrogens is 252 g/mol. The third-order valence-electron chi connectivity index (χ3n) is 3.98. The first-order chi connectivity index (χ1) is 9.60. The molecule has 1 fully saturated rings. The molecule has 1 saturated heterocycles. The summed E-state index contributed by atoms with van der Waals surface area (Å²) >= 11 is 0. The number of phenolic OH excluding ortho intramolecular Hbond substituents is 1. The number of hydrogen-bond donors (Lipinski definition) is 2. The number of benzene rings is 1. The first-order valence-electron chi connectivity index (χ1n) is 7.43. The molecule has 1 aliphatic heterocycles. The van der Waals surface area contributed by atoms with E-state index >= 15 is 0 Å². The normalized spacial score (nSPS) is 18.9. The quantitative estimate of drug-likeness (QED) is 0.838. The molecule has 4 heteroatoms. The average molecular weight is 278 g/mol. The Balaban J connectivity index is 2.03. The molecule has 0 saturated carbocycles. The highest BCUT2D eigenvalue weighted by atomic mass is 16.5. The summed E-state index contributed by atoms with van der Waals surface area (Å²) in [6.07, 6.45) is 2.55. The lowest BCUT2D eigenvalue weighted by Crippen LogP contribution is -2.40. The van der Waals surface area contributed by atoms with Gasteiger partial charge in [-0.1, -0.05) is 6.07 Å². The van der Waals surface area contributed by atoms with E-state index in [1.165, 1.54) is 18.4 Å². The van der Waals surface area contributed by atoms with Crippen molar-refractivity contribution >= 4 is 0 Å². The van der Waals surface area contributed by atoms with Gasteiger partial charge >= 0.3 is 0 Å². The Kier molecular flexibility index (Phi) is 5.26. The van der Waals surface area contributed by atoms with E-state index in [-0.39, 0.29) is 5.75 Å². The van der Waals surface area contributed by atoms with E-state index in [1.54, 1.807) is 13.2 Å². The molecule has 0 radical (unpaired) electrons. The highest BCUT2D eigenvalue weighted by molar-refractivity contribution is 5.41. The van der Waals surface area contributed by atoms with E-state index in [1.807, 2.05) is 12.1 Å². The van der Waals surface area contributed by atoms with E-state index in [0.717, 1.165) is 19.6 Å². The fraction of sp³-hybridized carbons (Fsp3) is 0.625. The van der Waals surface area contributed by atoms with E-state index in [2.05, 4.69) is 24.1 Å². The summed E-state index contributed by atoms with van der Waals surface area (Å²) < 4.78 is 5.18. The molecule has 1 aromatic rings. The Labute approximate surface area is 121 Å². The van der Waals surface area contributed by atoms with Crippen LogP contribution in [0.4, 0.5) is 0 Å². The Bertz CT molecular complexity index is 428. The number of aromatic hydroxyl groups is 1. The van der Waals surface area contributed by atoms with E-state index in [9.17, 15) is 5.11 Å². The first kappa shape index (κ1) is 15.1. The highest BCUT2D eigenvalue weighted by Gasteiger charge is 2.20. The molecule has 1 aliphatic rings. The van der Waals surface area contributed by atoms with Crippen molar-refractivity contribution in [1.82, 2.24) is 10.2 Å². The van der Waals surface area contributed by atoms with E-state index in [0.29, 0.717) is 17.8 Å². The zero-order chi connectivity index (χ0) is 14.5. The van der Waals surface area contributed by atoms with Gasteiger partial charge in [0.1, 0.15) is 0 Å². The van der Waals surface area contributed by atoms with Gasteiger partial charge in [0.2, 0.25) is 0 Å². The van der Waals surface area contributed by atoms with Crippen molar-refractivity contribution in [2.75, 3.05) is 20.2 Å². The Hall–Kier alpha value is -1.26. The lowest BCUT2D eigenvalue weighted by molar-refractivity contribution is 0.194. The van der Waals surface area contributed by atoms with Crippen LogP contribution < -0.4 is 10.1 Å². The number of hydrogen-bond acceptors (Lipinski definition) is 4. The molecule has 0 spiro atoms. The molecule has 1 aromatic carbocycles. The Morgan fingerprint density at radius 2 is 2.25 bits per heavy atom. The van der Waals surface area contributed by atoms with Gasteiger partial charge in [0, 0.05) is 25.2 Å². The Morgan fingerprint density at radius 1 is 1.45 bits per heavy atom. The van der Waals surface area contributed by atoms with Gasteiger partial charge in [-0.3, -0.25) is 4.90 Å². The van der Waals surface area contributed by atoms with Crippen molar-refractivity contribution in [3.05, 3.63) is 23.8 Å². The number of rotatable bonds is 6. The SMILES string of the molecule is COc1cc(CN(CC2CCCN2)C(C)C)ccc1O. The van der Waals surface area contributed by atoms with Gasteiger partial charge in [0.05, 0.1) is 7.11 Å². The lowest BCUT2D eigenvalue weighted by atomic mass is 10.1. The van der Waals surface area contributed by atoms with Crippen LogP contribution in [-0.4, -0.2) is 42.3 Å². The molecule has 1 atom stereocenters. The molecule has 0 aliphatic carbocycles. The summed E-state index contributed by atoms with van der Waals surface area (Å²) in [5, 5.41) is 13.2. The van der Waals surface area contributed by atoms with E-state index < -0.39 is 0 Å². The zero-order valence-electron chi connectivity index (χ0n) is 12.7. The fourth-order valence-electron chi connectivity index (χ4n) is 2.71. The predicted octanol–water partition coefficient (Wildman–Crippen LogP) is 2.36. The van der Waals surface area contributed by atoms with Crippen LogP contribution in [0.15, 0.2) is 18.2 Å². The highest BCUT2D eigenvalue weighted by Crippen LogP contribution is 2.27. The summed E-state index contributed by atoms with van der Waals surface area (Å²) in [6, 6.07) is 6.70. The smallest absolute Gasteiger partial charge is 0.160 e. The van der Waals surface area contributed by atoms with Crippen molar-refractivity contribution in [3.63, 3.8) is 0 Å². The molecule has 112 valence electrons. The second kappa shape index (κ2) is 6.95. The van der Waals surface area contributed by atoms with Crippen LogP contribution in [-0.2, 0) is 6.54 Å². The summed E-state index contributed by atoms with van der Waals surface area (Å²) in [5.41, 5.74) is 1.17. The minimum absolute atomic E-state index is 0.199. The molecule has 2 rings (SSSR count). The van der Waals surface area contributed by atoms with Crippen molar-refractivity contribution in [3.8, 4) is 11.5 Å². The van der Waals surface area contributed by atoms with Gasteiger partial charge in [-0.2, -0.15) is 0 Å². The van der Waals surface area contributed by atoms with Crippen LogP contribution in [0.1, 0.15) is 32.3 Å². The first-order valence-corrected chi connectivity index (χ1v) is 7.43. The second-order valence-electron chi connectivity index (χ2n) is 5.82. The molecule has 4 nitrogen and oxygen atoms in total. The Morgan fingerprint density at radius 3 is 2.85 bits per heavy atom. The van der Waals surface area contributed by atoms with Crippen LogP contribution in [0.25, 0.3) is 0 Å². The van der Waals surface area contributed by atoms with Gasteiger partial charge in [-0.25, -0.2) is 0 Å². The molecule has 1 unspecified atom stereocenters. The van der Waals surface area contributed by atoms with Crippen molar-refractivity contribution in [1.29, 1.82) is 0 Å². The number of nitrogens with zero attached hydrogens (tertiary/aromatic N) is 1. The van der Waals surface area contributed by atoms with Crippen LogP contribution in [0.2, 0.25) is 0 Å². The maximum atomic E-state index is 9.66. The van der Waals surface area contributed by atoms with Crippen LogP contribution in [0, 0.1) is 0 Å². The third kappa shape index (κ3) is 3.87. The van der Waals surface area contributed by atoms with Gasteiger partial charge in [-0.05, 0) is 50.9 Å². The largest absolute Gasteiger partial charge is 0.504 e. The van der Waals surface area contributed by atoms with Crippen LogP contribution in [0.5, 0.6) is 11.5 Å². The average Bonchev–Trinajstić information content (AvgIpc) is 2.93. The van der Waals surface area contributed by atoms with Crippen LogP contribution >= 0.6 is 0 Å². The van der Waals surface area contributed by atoms with Crippen LogP contribution in [0.3, 0.4) is 0 Å². The molecule has 0 aromatic heterocycles. The molecule has 0 amide bonds. The maximum absolute atomic E-state index is 9.66. The van der Waals surface area contributed by atoms with Gasteiger partial charge in [-0.15, -0.1) is 0 Å². The third-order valence-corrected chi connectivity index (χ3v) is 3.98. The molecule has 20 heavy (non-hydrogen) atoms. The summed E-state index contributed by atoms with van der Waals surface area (Å²) in [7, 11) is 1.58. The van der Waals surface area contributed by atoms with Gasteiger partial charge in [0.25, 0.3) is 0 Å². The summed E-state index contributed by atoms with van der Waals surface area (Å²) in [6.45, 7) is 7.55. The minimum atomic E-state index is 0.199. The molecule has 0 bridgehead atoms. The second-order valence-corrected chi connectivity index (χ2v) is 5.82. The van der Waals surface area contributed by atoms with E-state index in [4.69, 9.17) is 4.74 Å². The van der Waals surface area contributed by atoms with Gasteiger partial charge < -0.3 is 15.2 Å². The number of phenols is 1. The van der Waals surface area contributed by atoms with Crippen molar-refractivity contribution in [2.24, 2.45) is 0 Å². The summed E-state index contributed by atoms with van der Waals surface area (Å²) in [5.74, 6) is 0.745. The number of nitrogens with one attached hydrogen (secondary N) is 1. The molecular formula is C16H26N2O2.